The number of aliphatic hydroxyl groups excluding tert-OH is 1. The maximum atomic E-state index is 8.59. The van der Waals surface area contributed by atoms with Crippen molar-refractivity contribution in [2.75, 3.05) is 6.61 Å². The lowest BCUT2D eigenvalue weighted by molar-refractivity contribution is 0.343. The maximum absolute atomic E-state index is 8.59. The molecular formula is C10H10N2O. The lowest BCUT2D eigenvalue weighted by Crippen LogP contribution is -1.83. The van der Waals surface area contributed by atoms with Crippen LogP contribution >= 0.6 is 0 Å². The summed E-state index contributed by atoms with van der Waals surface area (Å²) in [6, 6.07) is 3.94. The Morgan fingerprint density at radius 2 is 2.38 bits per heavy atom. The highest BCUT2D eigenvalue weighted by atomic mass is 16.2. The lowest BCUT2D eigenvalue weighted by atomic mass is 10.2. The Hall–Kier alpha value is -1.61. The van der Waals surface area contributed by atoms with E-state index in [4.69, 9.17) is 5.11 Å². The lowest BCUT2D eigenvalue weighted by Gasteiger charge is -1.94. The fraction of sp³-hybridized carbons (Fsp3) is 0.100. The van der Waals surface area contributed by atoms with Gasteiger partial charge in [0.05, 0.1) is 6.61 Å². The number of aliphatic hydroxyl groups is 1. The molecule has 0 unspecified atom stereocenters. The van der Waals surface area contributed by atoms with Crippen LogP contribution in [0.5, 0.6) is 0 Å². The maximum Gasteiger partial charge on any atom is 0.137 e. The summed E-state index contributed by atoms with van der Waals surface area (Å²) in [6.07, 6.45) is 9.17. The number of nitrogens with zero attached hydrogens (tertiary/aromatic N) is 2. The monoisotopic (exact) mass is 174 g/mol. The molecule has 2 aromatic heterocycles. The first kappa shape index (κ1) is 8.01. The highest BCUT2D eigenvalue weighted by Crippen LogP contribution is 2.06. The van der Waals surface area contributed by atoms with Gasteiger partial charge in [-0.1, -0.05) is 12.2 Å². The molecule has 0 spiro atoms. The highest BCUT2D eigenvalue weighted by molar-refractivity contribution is 5.55. The Bertz CT molecular complexity index is 431. The van der Waals surface area contributed by atoms with Gasteiger partial charge in [0, 0.05) is 18.6 Å². The van der Waals surface area contributed by atoms with Gasteiger partial charge in [-0.15, -0.1) is 0 Å². The Morgan fingerprint density at radius 3 is 3.23 bits per heavy atom. The standard InChI is InChI=1S/C10H10N2O/c13-7-1-2-9-3-5-12-6-4-11-10(12)8-9/h1-6,8,13H,7H2. The van der Waals surface area contributed by atoms with Crippen LogP contribution in [0.3, 0.4) is 0 Å². The smallest absolute Gasteiger partial charge is 0.137 e. The van der Waals surface area contributed by atoms with E-state index in [2.05, 4.69) is 4.98 Å². The summed E-state index contributed by atoms with van der Waals surface area (Å²) in [5.74, 6) is 0. The Labute approximate surface area is 76.0 Å². The molecule has 0 amide bonds. The van der Waals surface area contributed by atoms with Gasteiger partial charge in [-0.25, -0.2) is 4.98 Å². The van der Waals surface area contributed by atoms with Gasteiger partial charge >= 0.3 is 0 Å². The van der Waals surface area contributed by atoms with E-state index in [-0.39, 0.29) is 6.61 Å². The molecule has 3 nitrogen and oxygen atoms in total. The van der Waals surface area contributed by atoms with Crippen molar-refractivity contribution in [1.29, 1.82) is 0 Å². The third kappa shape index (κ3) is 1.60. The van der Waals surface area contributed by atoms with Crippen LogP contribution in [-0.2, 0) is 0 Å². The van der Waals surface area contributed by atoms with Gasteiger partial charge in [0.2, 0.25) is 0 Å². The fourth-order valence-corrected chi connectivity index (χ4v) is 1.22. The number of aromatic nitrogens is 2. The van der Waals surface area contributed by atoms with E-state index in [0.717, 1.165) is 11.2 Å². The minimum Gasteiger partial charge on any atom is -0.392 e. The van der Waals surface area contributed by atoms with Crippen molar-refractivity contribution in [3.8, 4) is 0 Å². The molecule has 0 fully saturated rings. The van der Waals surface area contributed by atoms with Gasteiger partial charge in [-0.2, -0.15) is 0 Å². The molecule has 0 atom stereocenters. The molecule has 0 bridgehead atoms. The van der Waals surface area contributed by atoms with E-state index in [9.17, 15) is 0 Å². The average Bonchev–Trinajstić information content (AvgIpc) is 2.61. The summed E-state index contributed by atoms with van der Waals surface area (Å²) >= 11 is 0. The number of hydrogen-bond acceptors (Lipinski definition) is 2. The molecule has 3 heteroatoms. The Morgan fingerprint density at radius 1 is 1.46 bits per heavy atom. The predicted molar refractivity (Wildman–Crippen MR) is 51.3 cm³/mol. The molecular weight excluding hydrogens is 164 g/mol. The second-order valence-electron chi connectivity index (χ2n) is 2.74. The number of hydrogen-bond donors (Lipinski definition) is 1. The van der Waals surface area contributed by atoms with E-state index >= 15 is 0 Å². The van der Waals surface area contributed by atoms with Gasteiger partial charge in [0.15, 0.2) is 0 Å². The third-order valence-electron chi connectivity index (χ3n) is 1.84. The molecule has 0 aromatic carbocycles. The van der Waals surface area contributed by atoms with Crippen LogP contribution in [0.2, 0.25) is 0 Å². The van der Waals surface area contributed by atoms with Crippen LogP contribution in [0, 0.1) is 0 Å². The molecule has 66 valence electrons. The molecule has 0 radical (unpaired) electrons. The van der Waals surface area contributed by atoms with E-state index in [1.165, 1.54) is 0 Å². The molecule has 2 heterocycles. The van der Waals surface area contributed by atoms with E-state index in [0.29, 0.717) is 0 Å². The Kier molecular flexibility index (Phi) is 2.10. The summed E-state index contributed by atoms with van der Waals surface area (Å²) in [7, 11) is 0. The van der Waals surface area contributed by atoms with Crippen molar-refractivity contribution < 1.29 is 5.11 Å². The molecule has 0 aliphatic carbocycles. The first-order chi connectivity index (χ1) is 6.40. The minimum absolute atomic E-state index is 0.0691. The van der Waals surface area contributed by atoms with Crippen LogP contribution in [0.4, 0.5) is 0 Å². The molecule has 2 rings (SSSR count). The summed E-state index contributed by atoms with van der Waals surface area (Å²) in [4.78, 5) is 4.15. The minimum atomic E-state index is 0.0691. The van der Waals surface area contributed by atoms with Gasteiger partial charge in [-0.3, -0.25) is 0 Å². The molecule has 0 aliphatic rings. The van der Waals surface area contributed by atoms with Crippen LogP contribution in [-0.4, -0.2) is 21.1 Å². The average molecular weight is 174 g/mol. The SMILES string of the molecule is OCC=Cc1ccn2ccnc2c1. The molecule has 0 aliphatic heterocycles. The van der Waals surface area contributed by atoms with E-state index in [1.807, 2.05) is 35.0 Å². The zero-order valence-electron chi connectivity index (χ0n) is 7.09. The van der Waals surface area contributed by atoms with Crippen molar-refractivity contribution in [1.82, 2.24) is 9.38 Å². The third-order valence-corrected chi connectivity index (χ3v) is 1.84. The van der Waals surface area contributed by atoms with Crippen LogP contribution < -0.4 is 0 Å². The quantitative estimate of drug-likeness (QED) is 0.746. The summed E-state index contributed by atoms with van der Waals surface area (Å²) in [5.41, 5.74) is 1.97. The number of rotatable bonds is 2. The van der Waals surface area contributed by atoms with Gasteiger partial charge in [0.25, 0.3) is 0 Å². The summed E-state index contributed by atoms with van der Waals surface area (Å²) in [6.45, 7) is 0.0691. The fourth-order valence-electron chi connectivity index (χ4n) is 1.22. The summed E-state index contributed by atoms with van der Waals surface area (Å²) in [5, 5.41) is 8.59. The number of fused-ring (bicyclic) bond motifs is 1. The van der Waals surface area contributed by atoms with Crippen molar-refractivity contribution in [2.24, 2.45) is 0 Å². The van der Waals surface area contributed by atoms with Gasteiger partial charge in [0.1, 0.15) is 5.65 Å². The number of imidazole rings is 1. The van der Waals surface area contributed by atoms with Crippen molar-refractivity contribution in [3.05, 3.63) is 42.4 Å². The van der Waals surface area contributed by atoms with Crippen molar-refractivity contribution >= 4 is 11.7 Å². The second kappa shape index (κ2) is 3.41. The first-order valence-corrected chi connectivity index (χ1v) is 4.10. The molecule has 0 saturated carbocycles. The van der Waals surface area contributed by atoms with E-state index in [1.54, 1.807) is 12.3 Å². The topological polar surface area (TPSA) is 37.5 Å². The van der Waals surface area contributed by atoms with Crippen LogP contribution in [0.1, 0.15) is 5.56 Å². The molecule has 13 heavy (non-hydrogen) atoms. The van der Waals surface area contributed by atoms with Gasteiger partial charge in [-0.05, 0) is 17.7 Å². The van der Waals surface area contributed by atoms with Crippen molar-refractivity contribution in [3.63, 3.8) is 0 Å². The van der Waals surface area contributed by atoms with Crippen molar-refractivity contribution in [2.45, 2.75) is 0 Å². The second-order valence-corrected chi connectivity index (χ2v) is 2.74. The largest absolute Gasteiger partial charge is 0.392 e. The molecule has 1 N–H and O–H groups in total. The van der Waals surface area contributed by atoms with Crippen LogP contribution in [0.15, 0.2) is 36.8 Å². The molecule has 2 aromatic rings. The zero-order valence-corrected chi connectivity index (χ0v) is 7.09. The van der Waals surface area contributed by atoms with Crippen LogP contribution in [0.25, 0.3) is 11.7 Å². The normalized spacial score (nSPS) is 11.5. The van der Waals surface area contributed by atoms with E-state index < -0.39 is 0 Å². The highest BCUT2D eigenvalue weighted by Gasteiger charge is 1.92. The molecule has 0 saturated heterocycles. The Balaban J connectivity index is 2.42. The first-order valence-electron chi connectivity index (χ1n) is 4.10. The predicted octanol–water partition coefficient (Wildman–Crippen LogP) is 1.34. The zero-order chi connectivity index (χ0) is 9.10. The summed E-state index contributed by atoms with van der Waals surface area (Å²) < 4.78 is 1.94. The van der Waals surface area contributed by atoms with Gasteiger partial charge < -0.3 is 9.51 Å². The number of pyridine rings is 1.